The highest BCUT2D eigenvalue weighted by Gasteiger charge is 2.03. The normalized spacial score (nSPS) is 11.2. The van der Waals surface area contributed by atoms with Gasteiger partial charge in [-0.05, 0) is 50.5 Å². The summed E-state index contributed by atoms with van der Waals surface area (Å²) in [7, 11) is 3.16. The van der Waals surface area contributed by atoms with Crippen LogP contribution >= 0.6 is 0 Å². The van der Waals surface area contributed by atoms with E-state index >= 15 is 0 Å². The van der Waals surface area contributed by atoms with Gasteiger partial charge in [-0.1, -0.05) is 17.7 Å². The molecule has 7 heteroatoms. The van der Waals surface area contributed by atoms with Gasteiger partial charge in [0.1, 0.15) is 0 Å². The molecule has 0 aliphatic carbocycles. The number of hydrogen-bond donors (Lipinski definition) is 3. The quantitative estimate of drug-likeness (QED) is 0.178. The molecule has 154 valence electrons. The van der Waals surface area contributed by atoms with Gasteiger partial charge in [-0.3, -0.25) is 4.79 Å². The van der Waals surface area contributed by atoms with E-state index in [0.29, 0.717) is 30.5 Å². The second-order valence-electron chi connectivity index (χ2n) is 6.38. The number of unbranched alkanes of at least 4 members (excludes halogenated alkanes) is 1. The molecule has 4 N–H and O–H groups in total. The highest BCUT2D eigenvalue weighted by Crippen LogP contribution is 2.27. The van der Waals surface area contributed by atoms with Crippen LogP contribution in [0.4, 0.5) is 0 Å². The first-order valence-electron chi connectivity index (χ1n) is 9.31. The van der Waals surface area contributed by atoms with Crippen LogP contribution in [-0.2, 0) is 4.79 Å². The maximum absolute atomic E-state index is 11.9. The number of amides is 1. The van der Waals surface area contributed by atoms with E-state index in [1.54, 1.807) is 26.4 Å². The molecule has 1 aromatic rings. The molecule has 0 aliphatic heterocycles. The van der Waals surface area contributed by atoms with Crippen molar-refractivity contribution in [1.82, 2.24) is 10.6 Å². The Bertz CT molecular complexity index is 708. The van der Waals surface area contributed by atoms with Crippen molar-refractivity contribution in [2.24, 2.45) is 10.7 Å². The Kier molecular flexibility index (Phi) is 10.9. The van der Waals surface area contributed by atoms with Gasteiger partial charge in [0.25, 0.3) is 0 Å². The summed E-state index contributed by atoms with van der Waals surface area (Å²) in [5, 5.41) is 5.92. The second-order valence-corrected chi connectivity index (χ2v) is 6.38. The van der Waals surface area contributed by atoms with E-state index in [0.717, 1.165) is 24.9 Å². The minimum absolute atomic E-state index is 0.134. The third kappa shape index (κ3) is 9.66. The highest BCUT2D eigenvalue weighted by atomic mass is 16.5. The molecule has 0 saturated heterocycles. The van der Waals surface area contributed by atoms with E-state index in [1.165, 1.54) is 11.6 Å². The van der Waals surface area contributed by atoms with Crippen LogP contribution < -0.4 is 25.8 Å². The number of aliphatic imine (C=N–C) groups is 1. The number of carbonyl (C=O) groups is 1. The zero-order valence-corrected chi connectivity index (χ0v) is 17.2. The fraction of sp³-hybridized carbons (Fsp3) is 0.429. The van der Waals surface area contributed by atoms with Crippen LogP contribution in [0, 0.1) is 0 Å². The van der Waals surface area contributed by atoms with Crippen LogP contribution in [0.3, 0.4) is 0 Å². The van der Waals surface area contributed by atoms with Gasteiger partial charge in [0, 0.05) is 19.2 Å². The zero-order chi connectivity index (χ0) is 20.8. The molecule has 7 nitrogen and oxygen atoms in total. The number of hydrogen-bond acceptors (Lipinski definition) is 4. The van der Waals surface area contributed by atoms with E-state index in [2.05, 4.69) is 15.6 Å². The second kappa shape index (κ2) is 13.2. The summed E-state index contributed by atoms with van der Waals surface area (Å²) in [6.07, 6.45) is 7.00. The Morgan fingerprint density at radius 3 is 2.43 bits per heavy atom. The Labute approximate surface area is 167 Å². The Morgan fingerprint density at radius 2 is 1.79 bits per heavy atom. The van der Waals surface area contributed by atoms with Crippen LogP contribution in [0.5, 0.6) is 11.5 Å². The maximum atomic E-state index is 11.9. The zero-order valence-electron chi connectivity index (χ0n) is 17.2. The van der Waals surface area contributed by atoms with Crippen LogP contribution in [-0.4, -0.2) is 45.7 Å². The van der Waals surface area contributed by atoms with E-state index < -0.39 is 0 Å². The van der Waals surface area contributed by atoms with E-state index in [-0.39, 0.29) is 5.91 Å². The molecule has 0 saturated carbocycles. The molecule has 0 bridgehead atoms. The first kappa shape index (κ1) is 23.1. The van der Waals surface area contributed by atoms with E-state index in [9.17, 15) is 4.79 Å². The van der Waals surface area contributed by atoms with Crippen molar-refractivity contribution in [3.05, 3.63) is 41.5 Å². The van der Waals surface area contributed by atoms with Crippen LogP contribution in [0.15, 0.2) is 40.9 Å². The lowest BCUT2D eigenvalue weighted by Gasteiger charge is -2.07. The molecule has 0 radical (unpaired) electrons. The van der Waals surface area contributed by atoms with Gasteiger partial charge in [0.05, 0.1) is 20.8 Å². The summed E-state index contributed by atoms with van der Waals surface area (Å²) in [6.45, 7) is 5.96. The van der Waals surface area contributed by atoms with Crippen molar-refractivity contribution in [2.45, 2.75) is 26.7 Å². The molecule has 0 aliphatic rings. The third-order valence-corrected chi connectivity index (χ3v) is 3.80. The maximum Gasteiger partial charge on any atom is 0.243 e. The predicted octanol–water partition coefficient (Wildman–Crippen LogP) is 2.48. The van der Waals surface area contributed by atoms with Gasteiger partial charge >= 0.3 is 0 Å². The molecule has 0 aromatic heterocycles. The smallest absolute Gasteiger partial charge is 0.243 e. The molecule has 1 rings (SSSR count). The molecule has 0 unspecified atom stereocenters. The number of guanidine groups is 1. The van der Waals surface area contributed by atoms with Crippen molar-refractivity contribution in [3.63, 3.8) is 0 Å². The molecule has 1 amide bonds. The standard InChI is InChI=1S/C21H32N4O3/c1-16(2)11-14-25-21(22)24-13-6-5-12-23-20(26)10-8-17-7-9-18(27-3)19(15-17)28-4/h7-11,15H,5-6,12-14H2,1-4H3,(H,23,26)(H3,22,24,25)/b10-8-. The van der Waals surface area contributed by atoms with Crippen LogP contribution in [0.2, 0.25) is 0 Å². The molecule has 28 heavy (non-hydrogen) atoms. The van der Waals surface area contributed by atoms with Crippen molar-refractivity contribution >= 4 is 17.9 Å². The number of nitrogens with zero attached hydrogens (tertiary/aromatic N) is 1. The van der Waals surface area contributed by atoms with Gasteiger partial charge in [-0.25, -0.2) is 4.99 Å². The summed E-state index contributed by atoms with van der Waals surface area (Å²) < 4.78 is 10.4. The molecule has 0 heterocycles. The first-order valence-corrected chi connectivity index (χ1v) is 9.31. The van der Waals surface area contributed by atoms with Crippen molar-refractivity contribution in [2.75, 3.05) is 33.9 Å². The number of ether oxygens (including phenoxy) is 2. The summed E-state index contributed by atoms with van der Waals surface area (Å²) in [4.78, 5) is 16.1. The molecule has 1 aromatic carbocycles. The lowest BCUT2D eigenvalue weighted by atomic mass is 10.2. The highest BCUT2D eigenvalue weighted by molar-refractivity contribution is 5.91. The molecule has 0 atom stereocenters. The average Bonchev–Trinajstić information content (AvgIpc) is 2.68. The summed E-state index contributed by atoms with van der Waals surface area (Å²) in [5.74, 6) is 1.59. The minimum atomic E-state index is -0.134. The molecular formula is C21H32N4O3. The van der Waals surface area contributed by atoms with Gasteiger partial charge in [-0.2, -0.15) is 0 Å². The monoisotopic (exact) mass is 388 g/mol. The molecule has 0 fully saturated rings. The summed E-state index contributed by atoms with van der Waals surface area (Å²) in [5.41, 5.74) is 7.85. The number of allylic oxidation sites excluding steroid dienone is 1. The van der Waals surface area contributed by atoms with Crippen LogP contribution in [0.25, 0.3) is 6.08 Å². The largest absolute Gasteiger partial charge is 0.493 e. The van der Waals surface area contributed by atoms with Gasteiger partial charge < -0.3 is 25.8 Å². The number of nitrogens with one attached hydrogen (secondary N) is 2. The fourth-order valence-electron chi connectivity index (χ4n) is 2.25. The predicted molar refractivity (Wildman–Crippen MR) is 115 cm³/mol. The number of benzene rings is 1. The lowest BCUT2D eigenvalue weighted by Crippen LogP contribution is -2.33. The van der Waals surface area contributed by atoms with Gasteiger partial charge in [0.2, 0.25) is 5.91 Å². The fourth-order valence-corrected chi connectivity index (χ4v) is 2.25. The number of rotatable bonds is 11. The van der Waals surface area contributed by atoms with Crippen molar-refractivity contribution in [1.29, 1.82) is 0 Å². The van der Waals surface area contributed by atoms with Gasteiger partial charge in [-0.15, -0.1) is 0 Å². The minimum Gasteiger partial charge on any atom is -0.493 e. The Morgan fingerprint density at radius 1 is 1.11 bits per heavy atom. The first-order chi connectivity index (χ1) is 13.5. The topological polar surface area (TPSA) is 98.0 Å². The summed E-state index contributed by atoms with van der Waals surface area (Å²) >= 11 is 0. The Balaban J connectivity index is 2.25. The molecular weight excluding hydrogens is 356 g/mol. The lowest BCUT2D eigenvalue weighted by molar-refractivity contribution is -0.116. The van der Waals surface area contributed by atoms with E-state index in [4.69, 9.17) is 15.2 Å². The van der Waals surface area contributed by atoms with Gasteiger partial charge in [0.15, 0.2) is 17.5 Å². The Hall–Kier alpha value is -2.96. The summed E-state index contributed by atoms with van der Waals surface area (Å²) in [6, 6.07) is 5.48. The van der Waals surface area contributed by atoms with Crippen LogP contribution in [0.1, 0.15) is 32.3 Å². The number of methoxy groups -OCH3 is 2. The SMILES string of the molecule is COc1ccc(/C=C\C(=O)NCCCCNC(N)=NCC=C(C)C)cc1OC. The third-order valence-electron chi connectivity index (χ3n) is 3.80. The van der Waals surface area contributed by atoms with Crippen molar-refractivity contribution < 1.29 is 14.3 Å². The molecule has 0 spiro atoms. The number of carbonyl (C=O) groups excluding carboxylic acids is 1. The number of nitrogens with two attached hydrogens (primary N) is 1. The van der Waals surface area contributed by atoms with E-state index in [1.807, 2.05) is 32.1 Å². The van der Waals surface area contributed by atoms with Crippen molar-refractivity contribution in [3.8, 4) is 11.5 Å². The average molecular weight is 389 g/mol.